The van der Waals surface area contributed by atoms with Crippen LogP contribution in [0.25, 0.3) is 0 Å². The average molecular weight is 154 g/mol. The first-order valence-corrected chi connectivity index (χ1v) is 4.26. The van der Waals surface area contributed by atoms with Gasteiger partial charge in [0.2, 0.25) is 0 Å². The Hall–Kier alpha value is -0.340. The van der Waals surface area contributed by atoms with Crippen molar-refractivity contribution < 1.29 is 0 Å². The van der Waals surface area contributed by atoms with Crippen LogP contribution < -0.4 is 5.32 Å². The maximum atomic E-state index is 3.26. The van der Waals surface area contributed by atoms with Gasteiger partial charge in [0.05, 0.1) is 0 Å². The molecule has 0 saturated carbocycles. The van der Waals surface area contributed by atoms with Crippen molar-refractivity contribution in [3.63, 3.8) is 0 Å². The van der Waals surface area contributed by atoms with Crippen LogP contribution in [-0.2, 0) is 0 Å². The minimum Gasteiger partial charge on any atom is -0.314 e. The molecule has 0 aromatic rings. The molecule has 0 bridgehead atoms. The van der Waals surface area contributed by atoms with E-state index in [-0.39, 0.29) is 0 Å². The second-order valence-electron chi connectivity index (χ2n) is 3.39. The van der Waals surface area contributed by atoms with E-state index in [1.807, 2.05) is 7.05 Å². The maximum absolute atomic E-state index is 3.26. The van der Waals surface area contributed by atoms with E-state index in [1.54, 1.807) is 0 Å². The van der Waals surface area contributed by atoms with E-state index >= 15 is 0 Å². The lowest BCUT2D eigenvalue weighted by molar-refractivity contribution is 0.306. The third-order valence-corrected chi connectivity index (χ3v) is 2.37. The molecule has 0 amide bonds. The highest BCUT2D eigenvalue weighted by Crippen LogP contribution is 2.14. The highest BCUT2D eigenvalue weighted by Gasteiger charge is 2.14. The predicted molar refractivity (Wildman–Crippen MR) is 48.7 cm³/mol. The first-order chi connectivity index (χ1) is 5.24. The van der Waals surface area contributed by atoms with Crippen molar-refractivity contribution in [1.82, 2.24) is 10.2 Å². The summed E-state index contributed by atoms with van der Waals surface area (Å²) >= 11 is 0. The molecule has 2 nitrogen and oxygen atoms in total. The molecule has 11 heavy (non-hydrogen) atoms. The standard InChI is InChI=1S/C9H18N2/c1-10-8-4-6-9(7-5-8)11(2)3/h4,6,8-10H,5,7H2,1-3H3. The van der Waals surface area contributed by atoms with Gasteiger partial charge in [-0.05, 0) is 34.0 Å². The normalized spacial score (nSPS) is 31.3. The first kappa shape index (κ1) is 8.75. The van der Waals surface area contributed by atoms with Crippen molar-refractivity contribution in [1.29, 1.82) is 0 Å². The Labute approximate surface area is 69.3 Å². The van der Waals surface area contributed by atoms with Gasteiger partial charge in [0, 0.05) is 12.1 Å². The summed E-state index contributed by atoms with van der Waals surface area (Å²) in [6.45, 7) is 0. The quantitative estimate of drug-likeness (QED) is 0.593. The van der Waals surface area contributed by atoms with Crippen LogP contribution in [0.15, 0.2) is 12.2 Å². The van der Waals surface area contributed by atoms with Crippen molar-refractivity contribution >= 4 is 0 Å². The molecule has 2 atom stereocenters. The third-order valence-electron chi connectivity index (χ3n) is 2.37. The number of likely N-dealkylation sites (N-methyl/N-ethyl adjacent to an activating group) is 2. The lowest BCUT2D eigenvalue weighted by Crippen LogP contribution is -2.34. The SMILES string of the molecule is CNC1C=CC(N(C)C)CC1. The predicted octanol–water partition coefficient (Wildman–Crippen LogP) is 0.855. The van der Waals surface area contributed by atoms with E-state index in [4.69, 9.17) is 0 Å². The molecule has 1 N–H and O–H groups in total. The van der Waals surface area contributed by atoms with E-state index in [2.05, 4.69) is 36.5 Å². The van der Waals surface area contributed by atoms with E-state index in [0.29, 0.717) is 12.1 Å². The Morgan fingerprint density at radius 1 is 1.27 bits per heavy atom. The van der Waals surface area contributed by atoms with Gasteiger partial charge < -0.3 is 10.2 Å². The fourth-order valence-electron chi connectivity index (χ4n) is 1.48. The monoisotopic (exact) mass is 154 g/mol. The molecule has 64 valence electrons. The number of hydrogen-bond donors (Lipinski definition) is 1. The maximum Gasteiger partial charge on any atom is 0.0273 e. The average Bonchev–Trinajstić information content (AvgIpc) is 2.05. The van der Waals surface area contributed by atoms with Gasteiger partial charge in [-0.2, -0.15) is 0 Å². The van der Waals surface area contributed by atoms with E-state index < -0.39 is 0 Å². The molecule has 0 heterocycles. The highest BCUT2D eigenvalue weighted by molar-refractivity contribution is 5.04. The van der Waals surface area contributed by atoms with Gasteiger partial charge in [-0.1, -0.05) is 12.2 Å². The van der Waals surface area contributed by atoms with Gasteiger partial charge in [-0.3, -0.25) is 0 Å². The van der Waals surface area contributed by atoms with Crippen LogP contribution in [0.2, 0.25) is 0 Å². The lowest BCUT2D eigenvalue weighted by atomic mass is 9.98. The number of nitrogens with zero attached hydrogens (tertiary/aromatic N) is 1. The molecule has 0 fully saturated rings. The Morgan fingerprint density at radius 2 is 2.00 bits per heavy atom. The topological polar surface area (TPSA) is 15.3 Å². The minimum atomic E-state index is 0.603. The summed E-state index contributed by atoms with van der Waals surface area (Å²) in [6, 6.07) is 1.26. The zero-order valence-electron chi connectivity index (χ0n) is 7.67. The molecule has 0 saturated heterocycles. The Bertz CT molecular complexity index is 140. The minimum absolute atomic E-state index is 0.603. The zero-order chi connectivity index (χ0) is 8.27. The molecular weight excluding hydrogens is 136 g/mol. The van der Waals surface area contributed by atoms with Crippen molar-refractivity contribution in [3.8, 4) is 0 Å². The summed E-state index contributed by atoms with van der Waals surface area (Å²) in [7, 11) is 6.29. The summed E-state index contributed by atoms with van der Waals surface area (Å²) in [5.41, 5.74) is 0. The van der Waals surface area contributed by atoms with E-state index in [9.17, 15) is 0 Å². The Morgan fingerprint density at radius 3 is 2.36 bits per heavy atom. The third kappa shape index (κ3) is 2.31. The number of hydrogen-bond acceptors (Lipinski definition) is 2. The highest BCUT2D eigenvalue weighted by atomic mass is 15.1. The number of nitrogens with one attached hydrogen (secondary N) is 1. The molecule has 0 aromatic heterocycles. The summed E-state index contributed by atoms with van der Waals surface area (Å²) < 4.78 is 0. The van der Waals surface area contributed by atoms with Gasteiger partial charge in [0.1, 0.15) is 0 Å². The lowest BCUT2D eigenvalue weighted by Gasteiger charge is -2.27. The molecule has 0 radical (unpaired) electrons. The van der Waals surface area contributed by atoms with Gasteiger partial charge in [0.25, 0.3) is 0 Å². The van der Waals surface area contributed by atoms with Crippen molar-refractivity contribution in [2.45, 2.75) is 24.9 Å². The van der Waals surface area contributed by atoms with Crippen LogP contribution in [0.3, 0.4) is 0 Å². The van der Waals surface area contributed by atoms with Gasteiger partial charge in [0.15, 0.2) is 0 Å². The summed E-state index contributed by atoms with van der Waals surface area (Å²) in [5.74, 6) is 0. The molecule has 1 aliphatic rings. The first-order valence-electron chi connectivity index (χ1n) is 4.26. The Kier molecular flexibility index (Phi) is 3.09. The molecular formula is C9H18N2. The van der Waals surface area contributed by atoms with E-state index in [0.717, 1.165) is 0 Å². The molecule has 0 aromatic carbocycles. The summed E-state index contributed by atoms with van der Waals surface area (Å²) in [6.07, 6.45) is 7.10. The fourth-order valence-corrected chi connectivity index (χ4v) is 1.48. The van der Waals surface area contributed by atoms with Gasteiger partial charge >= 0.3 is 0 Å². The van der Waals surface area contributed by atoms with E-state index in [1.165, 1.54) is 12.8 Å². The van der Waals surface area contributed by atoms with Crippen LogP contribution in [-0.4, -0.2) is 38.1 Å². The summed E-state index contributed by atoms with van der Waals surface area (Å²) in [4.78, 5) is 2.27. The van der Waals surface area contributed by atoms with Crippen LogP contribution in [0.4, 0.5) is 0 Å². The van der Waals surface area contributed by atoms with Gasteiger partial charge in [-0.15, -0.1) is 0 Å². The van der Waals surface area contributed by atoms with Crippen molar-refractivity contribution in [2.75, 3.05) is 21.1 Å². The molecule has 1 aliphatic carbocycles. The van der Waals surface area contributed by atoms with Crippen LogP contribution >= 0.6 is 0 Å². The van der Waals surface area contributed by atoms with Crippen LogP contribution in [0.1, 0.15) is 12.8 Å². The molecule has 0 aliphatic heterocycles. The molecule has 2 unspecified atom stereocenters. The van der Waals surface area contributed by atoms with Gasteiger partial charge in [-0.25, -0.2) is 0 Å². The summed E-state index contributed by atoms with van der Waals surface area (Å²) in [5, 5.41) is 3.26. The molecule has 1 rings (SSSR count). The second-order valence-corrected chi connectivity index (χ2v) is 3.39. The van der Waals surface area contributed by atoms with Crippen molar-refractivity contribution in [3.05, 3.63) is 12.2 Å². The fraction of sp³-hybridized carbons (Fsp3) is 0.778. The second kappa shape index (κ2) is 3.88. The number of rotatable bonds is 2. The Balaban J connectivity index is 2.42. The smallest absolute Gasteiger partial charge is 0.0273 e. The van der Waals surface area contributed by atoms with Crippen molar-refractivity contribution in [2.24, 2.45) is 0 Å². The largest absolute Gasteiger partial charge is 0.314 e. The van der Waals surface area contributed by atoms with Crippen LogP contribution in [0, 0.1) is 0 Å². The van der Waals surface area contributed by atoms with Crippen LogP contribution in [0.5, 0.6) is 0 Å². The zero-order valence-corrected chi connectivity index (χ0v) is 7.67. The molecule has 0 spiro atoms. The molecule has 2 heteroatoms.